The van der Waals surface area contributed by atoms with Gasteiger partial charge in [0.2, 0.25) is 0 Å². The van der Waals surface area contributed by atoms with Crippen molar-refractivity contribution in [3.05, 3.63) is 21.9 Å². The third kappa shape index (κ3) is 7.14. The van der Waals surface area contributed by atoms with E-state index in [0.29, 0.717) is 32.1 Å². The number of rotatable bonds is 5. The summed E-state index contributed by atoms with van der Waals surface area (Å²) < 4.78 is 37.2. The minimum atomic E-state index is -4.11. The van der Waals surface area contributed by atoms with Gasteiger partial charge in [-0.15, -0.1) is 35.3 Å². The highest BCUT2D eigenvalue weighted by Gasteiger charge is 2.34. The summed E-state index contributed by atoms with van der Waals surface area (Å²) in [6.45, 7) is 3.58. The molecule has 1 atom stereocenters. The Balaban J connectivity index is 0.00000288. The van der Waals surface area contributed by atoms with Crippen LogP contribution in [0.5, 0.6) is 0 Å². The van der Waals surface area contributed by atoms with Gasteiger partial charge in [-0.05, 0) is 42.8 Å². The van der Waals surface area contributed by atoms with Gasteiger partial charge in [-0.25, -0.2) is 0 Å². The molecule has 1 fully saturated rings. The van der Waals surface area contributed by atoms with Gasteiger partial charge < -0.3 is 10.6 Å². The average Bonchev–Trinajstić information content (AvgIpc) is 3.07. The SMILES string of the molecule is CN=C(NCc1sccc1C)NCC1CCN(CC(F)(F)F)C1.I. The van der Waals surface area contributed by atoms with Gasteiger partial charge in [-0.2, -0.15) is 13.2 Å². The van der Waals surface area contributed by atoms with Crippen LogP contribution in [0.4, 0.5) is 13.2 Å². The van der Waals surface area contributed by atoms with Crippen LogP contribution in [0.1, 0.15) is 16.9 Å². The van der Waals surface area contributed by atoms with E-state index in [1.807, 2.05) is 0 Å². The molecule has 2 N–H and O–H groups in total. The van der Waals surface area contributed by atoms with E-state index in [1.54, 1.807) is 18.4 Å². The first kappa shape index (κ1) is 21.5. The van der Waals surface area contributed by atoms with E-state index < -0.39 is 12.7 Å². The highest BCUT2D eigenvalue weighted by molar-refractivity contribution is 14.0. The molecule has 9 heteroatoms. The van der Waals surface area contributed by atoms with E-state index in [9.17, 15) is 13.2 Å². The van der Waals surface area contributed by atoms with Crippen LogP contribution in [-0.4, -0.2) is 50.3 Å². The van der Waals surface area contributed by atoms with Crippen LogP contribution in [0.25, 0.3) is 0 Å². The Morgan fingerprint density at radius 2 is 2.17 bits per heavy atom. The zero-order valence-corrected chi connectivity index (χ0v) is 17.0. The molecule has 0 amide bonds. The quantitative estimate of drug-likeness (QED) is 0.390. The Morgan fingerprint density at radius 3 is 2.75 bits per heavy atom. The fraction of sp³-hybridized carbons (Fsp3) is 0.667. The maximum Gasteiger partial charge on any atom is 0.401 e. The predicted molar refractivity (Wildman–Crippen MR) is 103 cm³/mol. The molecular weight excluding hydrogens is 452 g/mol. The molecule has 1 aliphatic rings. The van der Waals surface area contributed by atoms with E-state index in [2.05, 4.69) is 34.0 Å². The van der Waals surface area contributed by atoms with Crippen LogP contribution in [0, 0.1) is 12.8 Å². The summed E-state index contributed by atoms with van der Waals surface area (Å²) in [6.07, 6.45) is -3.33. The third-order valence-corrected chi connectivity index (χ3v) is 4.96. The van der Waals surface area contributed by atoms with Crippen molar-refractivity contribution in [1.82, 2.24) is 15.5 Å². The molecule has 0 bridgehead atoms. The van der Waals surface area contributed by atoms with Crippen LogP contribution >= 0.6 is 35.3 Å². The number of likely N-dealkylation sites (tertiary alicyclic amines) is 1. The molecule has 1 aliphatic heterocycles. The van der Waals surface area contributed by atoms with Crippen molar-refractivity contribution in [1.29, 1.82) is 0 Å². The summed E-state index contributed by atoms with van der Waals surface area (Å²) in [5.41, 5.74) is 1.25. The fourth-order valence-corrected chi connectivity index (χ4v) is 3.53. The number of hydrogen-bond acceptors (Lipinski definition) is 3. The van der Waals surface area contributed by atoms with Crippen molar-refractivity contribution in [3.63, 3.8) is 0 Å². The summed E-state index contributed by atoms with van der Waals surface area (Å²) in [7, 11) is 1.70. The van der Waals surface area contributed by atoms with Gasteiger partial charge in [0.05, 0.1) is 13.1 Å². The van der Waals surface area contributed by atoms with Crippen LogP contribution in [0.3, 0.4) is 0 Å². The number of thiophene rings is 1. The van der Waals surface area contributed by atoms with Gasteiger partial charge in [-0.1, -0.05) is 0 Å². The normalized spacial score (nSPS) is 19.2. The smallest absolute Gasteiger partial charge is 0.356 e. The lowest BCUT2D eigenvalue weighted by Crippen LogP contribution is -2.40. The molecule has 1 aromatic heterocycles. The Bertz CT molecular complexity index is 533. The highest BCUT2D eigenvalue weighted by Crippen LogP contribution is 2.22. The predicted octanol–water partition coefficient (Wildman–Crippen LogP) is 3.22. The first-order chi connectivity index (χ1) is 10.9. The van der Waals surface area contributed by atoms with Gasteiger partial charge in [0.15, 0.2) is 5.96 Å². The Labute approximate surface area is 161 Å². The van der Waals surface area contributed by atoms with E-state index in [-0.39, 0.29) is 29.9 Å². The lowest BCUT2D eigenvalue weighted by atomic mass is 10.1. The third-order valence-electron chi connectivity index (χ3n) is 3.94. The fourth-order valence-electron chi connectivity index (χ4n) is 2.69. The highest BCUT2D eigenvalue weighted by atomic mass is 127. The number of aryl methyl sites for hydroxylation is 1. The van der Waals surface area contributed by atoms with E-state index in [1.165, 1.54) is 15.3 Å². The van der Waals surface area contributed by atoms with E-state index >= 15 is 0 Å². The first-order valence-corrected chi connectivity index (χ1v) is 8.52. The standard InChI is InChI=1S/C15H23F3N4S.HI/c1-11-4-6-23-13(11)8-21-14(19-2)20-7-12-3-5-22(9-12)10-15(16,17)18;/h4,6,12H,3,5,7-10H2,1-2H3,(H2,19,20,21);1H. The molecule has 2 rings (SSSR count). The second-order valence-corrected chi connectivity index (χ2v) is 6.84. The van der Waals surface area contributed by atoms with Crippen molar-refractivity contribution in [2.24, 2.45) is 10.9 Å². The van der Waals surface area contributed by atoms with E-state index in [4.69, 9.17) is 0 Å². The van der Waals surface area contributed by atoms with Crippen molar-refractivity contribution in [2.75, 3.05) is 33.2 Å². The summed E-state index contributed by atoms with van der Waals surface area (Å²) >= 11 is 1.69. The summed E-state index contributed by atoms with van der Waals surface area (Å²) in [5, 5.41) is 8.51. The number of nitrogens with zero attached hydrogens (tertiary/aromatic N) is 2. The zero-order chi connectivity index (χ0) is 16.9. The lowest BCUT2D eigenvalue weighted by Gasteiger charge is -2.18. The van der Waals surface area contributed by atoms with Crippen molar-refractivity contribution in [2.45, 2.75) is 26.1 Å². The summed E-state index contributed by atoms with van der Waals surface area (Å²) in [5.74, 6) is 0.909. The van der Waals surface area contributed by atoms with Gasteiger partial charge >= 0.3 is 6.18 Å². The Hall–Kier alpha value is -0.550. The molecule has 0 radical (unpaired) electrons. The molecule has 0 aliphatic carbocycles. The second kappa shape index (κ2) is 9.81. The lowest BCUT2D eigenvalue weighted by molar-refractivity contribution is -0.143. The zero-order valence-electron chi connectivity index (χ0n) is 13.8. The van der Waals surface area contributed by atoms with Gasteiger partial charge in [0.25, 0.3) is 0 Å². The van der Waals surface area contributed by atoms with Crippen molar-refractivity contribution >= 4 is 41.3 Å². The molecule has 1 unspecified atom stereocenters. The number of halogens is 4. The average molecular weight is 476 g/mol. The minimum Gasteiger partial charge on any atom is -0.356 e. The molecule has 0 spiro atoms. The second-order valence-electron chi connectivity index (χ2n) is 5.84. The first-order valence-electron chi connectivity index (χ1n) is 7.64. The van der Waals surface area contributed by atoms with Gasteiger partial charge in [0.1, 0.15) is 0 Å². The largest absolute Gasteiger partial charge is 0.401 e. The number of nitrogens with one attached hydrogen (secondary N) is 2. The van der Waals surface area contributed by atoms with Crippen LogP contribution < -0.4 is 10.6 Å². The Kier molecular flexibility index (Phi) is 8.78. The molecular formula is C15H24F3IN4S. The van der Waals surface area contributed by atoms with Crippen molar-refractivity contribution < 1.29 is 13.2 Å². The molecule has 4 nitrogen and oxygen atoms in total. The maximum absolute atomic E-state index is 12.4. The number of alkyl halides is 3. The number of hydrogen-bond donors (Lipinski definition) is 2. The molecule has 0 saturated carbocycles. The molecule has 2 heterocycles. The topological polar surface area (TPSA) is 39.7 Å². The number of guanidine groups is 1. The molecule has 138 valence electrons. The van der Waals surface area contributed by atoms with Crippen LogP contribution in [0.15, 0.2) is 16.4 Å². The molecule has 0 aromatic carbocycles. The van der Waals surface area contributed by atoms with Gasteiger partial charge in [-0.3, -0.25) is 9.89 Å². The minimum absolute atomic E-state index is 0. The Morgan fingerprint density at radius 1 is 1.42 bits per heavy atom. The summed E-state index contributed by atoms with van der Waals surface area (Å²) in [6, 6.07) is 2.08. The van der Waals surface area contributed by atoms with E-state index in [0.717, 1.165) is 6.42 Å². The van der Waals surface area contributed by atoms with Crippen LogP contribution in [-0.2, 0) is 6.54 Å². The monoisotopic (exact) mass is 476 g/mol. The van der Waals surface area contributed by atoms with Gasteiger partial charge in [0, 0.05) is 25.0 Å². The molecule has 1 saturated heterocycles. The summed E-state index contributed by atoms with van der Waals surface area (Å²) in [4.78, 5) is 6.89. The molecule has 1 aromatic rings. The van der Waals surface area contributed by atoms with Crippen LogP contribution in [0.2, 0.25) is 0 Å². The van der Waals surface area contributed by atoms with Crippen molar-refractivity contribution in [3.8, 4) is 0 Å². The molecule has 24 heavy (non-hydrogen) atoms. The number of aliphatic imine (C=N–C) groups is 1. The maximum atomic E-state index is 12.4.